The molecule has 0 aliphatic heterocycles. The van der Waals surface area contributed by atoms with Gasteiger partial charge < -0.3 is 14.3 Å². The van der Waals surface area contributed by atoms with Crippen LogP contribution in [0.15, 0.2) is 51.6 Å². The Hall–Kier alpha value is -2.96. The summed E-state index contributed by atoms with van der Waals surface area (Å²) in [5.74, 6) is 0.158. The molecule has 1 atom stereocenters. The van der Waals surface area contributed by atoms with Crippen molar-refractivity contribution >= 4 is 5.91 Å². The summed E-state index contributed by atoms with van der Waals surface area (Å²) in [5.41, 5.74) is 0.228. The lowest BCUT2D eigenvalue weighted by Gasteiger charge is -2.18. The molecule has 24 heavy (non-hydrogen) atoms. The largest absolute Gasteiger partial charge is 0.461 e. The first-order valence-corrected chi connectivity index (χ1v) is 7.48. The molecule has 0 bridgehead atoms. The van der Waals surface area contributed by atoms with E-state index in [-0.39, 0.29) is 17.4 Å². The minimum atomic E-state index is -0.503. The summed E-state index contributed by atoms with van der Waals surface area (Å²) in [6.07, 6.45) is 1.51. The van der Waals surface area contributed by atoms with Crippen LogP contribution in [0.2, 0.25) is 0 Å². The second kappa shape index (κ2) is 6.66. The number of hydrogen-bond acceptors (Lipinski definition) is 5. The fourth-order valence-electron chi connectivity index (χ4n) is 2.24. The first-order valence-electron chi connectivity index (χ1n) is 7.48. The zero-order valence-electron chi connectivity index (χ0n) is 13.2. The standard InChI is InChI=1S/C17H16FN3O3/c1-10(2)14(19-16(22)11-5-3-6-12(18)9-11)17-20-15(21-24-17)13-7-4-8-23-13/h3-10,14H,1-2H3,(H,19,22)/t14-/m1/s1. The van der Waals surface area contributed by atoms with Gasteiger partial charge in [0.25, 0.3) is 5.91 Å². The molecule has 0 spiro atoms. The highest BCUT2D eigenvalue weighted by Crippen LogP contribution is 2.24. The van der Waals surface area contributed by atoms with E-state index < -0.39 is 17.8 Å². The van der Waals surface area contributed by atoms with Crippen LogP contribution in [0, 0.1) is 11.7 Å². The maximum absolute atomic E-state index is 13.3. The summed E-state index contributed by atoms with van der Waals surface area (Å²) >= 11 is 0. The van der Waals surface area contributed by atoms with E-state index in [1.165, 1.54) is 30.5 Å². The molecule has 6 nitrogen and oxygen atoms in total. The lowest BCUT2D eigenvalue weighted by Crippen LogP contribution is -2.32. The molecule has 1 aromatic carbocycles. The van der Waals surface area contributed by atoms with E-state index in [9.17, 15) is 9.18 Å². The predicted molar refractivity (Wildman–Crippen MR) is 83.4 cm³/mol. The molecule has 1 amide bonds. The van der Waals surface area contributed by atoms with Crippen LogP contribution in [-0.2, 0) is 0 Å². The highest BCUT2D eigenvalue weighted by Gasteiger charge is 2.26. The molecule has 7 heteroatoms. The van der Waals surface area contributed by atoms with Crippen molar-refractivity contribution in [1.82, 2.24) is 15.5 Å². The van der Waals surface area contributed by atoms with Gasteiger partial charge in [-0.3, -0.25) is 4.79 Å². The molecule has 3 aromatic rings. The minimum Gasteiger partial charge on any atom is -0.461 e. The second-order valence-electron chi connectivity index (χ2n) is 5.64. The van der Waals surface area contributed by atoms with Crippen molar-refractivity contribution in [3.8, 4) is 11.6 Å². The fourth-order valence-corrected chi connectivity index (χ4v) is 2.24. The van der Waals surface area contributed by atoms with E-state index in [0.29, 0.717) is 11.6 Å². The van der Waals surface area contributed by atoms with E-state index in [2.05, 4.69) is 15.5 Å². The van der Waals surface area contributed by atoms with Crippen LogP contribution >= 0.6 is 0 Å². The van der Waals surface area contributed by atoms with Gasteiger partial charge >= 0.3 is 0 Å². The van der Waals surface area contributed by atoms with E-state index in [0.717, 1.165) is 0 Å². The molecular weight excluding hydrogens is 313 g/mol. The molecule has 3 rings (SSSR count). The van der Waals surface area contributed by atoms with Crippen molar-refractivity contribution < 1.29 is 18.1 Å². The van der Waals surface area contributed by atoms with Crippen molar-refractivity contribution in [3.05, 3.63) is 59.9 Å². The Morgan fingerprint density at radius 2 is 2.08 bits per heavy atom. The lowest BCUT2D eigenvalue weighted by atomic mass is 10.0. The molecule has 124 valence electrons. The Kier molecular flexibility index (Phi) is 4.41. The number of carbonyl (C=O) groups is 1. The van der Waals surface area contributed by atoms with Crippen molar-refractivity contribution in [2.24, 2.45) is 5.92 Å². The van der Waals surface area contributed by atoms with Crippen LogP contribution in [0.25, 0.3) is 11.6 Å². The van der Waals surface area contributed by atoms with Gasteiger partial charge in [-0.1, -0.05) is 25.1 Å². The van der Waals surface area contributed by atoms with Gasteiger partial charge in [0.1, 0.15) is 11.9 Å². The number of furan rings is 1. The molecule has 0 aliphatic carbocycles. The maximum Gasteiger partial charge on any atom is 0.252 e. The maximum atomic E-state index is 13.3. The second-order valence-corrected chi connectivity index (χ2v) is 5.64. The van der Waals surface area contributed by atoms with Gasteiger partial charge in [-0.2, -0.15) is 4.98 Å². The van der Waals surface area contributed by atoms with Crippen molar-refractivity contribution in [2.45, 2.75) is 19.9 Å². The number of aromatic nitrogens is 2. The molecule has 2 aromatic heterocycles. The summed E-state index contributed by atoms with van der Waals surface area (Å²) < 4.78 is 23.8. The third-order valence-electron chi connectivity index (χ3n) is 3.49. The molecule has 1 N–H and O–H groups in total. The molecule has 0 saturated heterocycles. The van der Waals surface area contributed by atoms with Crippen LogP contribution in [0.1, 0.15) is 36.1 Å². The Labute approximate surface area is 137 Å². The molecule has 0 saturated carbocycles. The lowest BCUT2D eigenvalue weighted by molar-refractivity contribution is 0.0913. The van der Waals surface area contributed by atoms with Gasteiger partial charge in [-0.15, -0.1) is 0 Å². The highest BCUT2D eigenvalue weighted by molar-refractivity contribution is 5.94. The third kappa shape index (κ3) is 3.34. The van der Waals surface area contributed by atoms with Gasteiger partial charge in [0, 0.05) is 5.56 Å². The van der Waals surface area contributed by atoms with Gasteiger partial charge in [-0.05, 0) is 36.2 Å². The molecule has 0 aliphatic rings. The van der Waals surface area contributed by atoms with Gasteiger partial charge in [0.05, 0.1) is 6.26 Å². The monoisotopic (exact) mass is 329 g/mol. The summed E-state index contributed by atoms with van der Waals surface area (Å²) in [6, 6.07) is 8.41. The van der Waals surface area contributed by atoms with Crippen molar-refractivity contribution in [3.63, 3.8) is 0 Å². The highest BCUT2D eigenvalue weighted by atomic mass is 19.1. The van der Waals surface area contributed by atoms with E-state index >= 15 is 0 Å². The first kappa shape index (κ1) is 15.9. The number of hydrogen-bond donors (Lipinski definition) is 1. The van der Waals surface area contributed by atoms with Gasteiger partial charge in [0.15, 0.2) is 5.76 Å². The average molecular weight is 329 g/mol. The summed E-state index contributed by atoms with van der Waals surface area (Å²) in [5, 5.41) is 6.67. The van der Waals surface area contributed by atoms with Crippen molar-refractivity contribution in [1.29, 1.82) is 0 Å². The quantitative estimate of drug-likeness (QED) is 0.773. The Morgan fingerprint density at radius 3 is 2.75 bits per heavy atom. The number of nitrogens with one attached hydrogen (secondary N) is 1. The SMILES string of the molecule is CC(C)[C@@H](NC(=O)c1cccc(F)c1)c1nc(-c2ccco2)no1. The molecule has 0 fully saturated rings. The number of carbonyl (C=O) groups excluding carboxylic acids is 1. The Morgan fingerprint density at radius 1 is 1.25 bits per heavy atom. The van der Waals surface area contributed by atoms with Crippen molar-refractivity contribution in [2.75, 3.05) is 0 Å². The Balaban J connectivity index is 1.81. The minimum absolute atomic E-state index is 0.00703. The number of rotatable bonds is 5. The Bertz CT molecular complexity index is 827. The molecule has 2 heterocycles. The number of benzene rings is 1. The summed E-state index contributed by atoms with van der Waals surface area (Å²) in [4.78, 5) is 16.6. The van der Waals surface area contributed by atoms with Gasteiger partial charge in [0.2, 0.25) is 11.7 Å². The third-order valence-corrected chi connectivity index (χ3v) is 3.49. The van der Waals surface area contributed by atoms with Crippen LogP contribution in [0.4, 0.5) is 4.39 Å². The van der Waals surface area contributed by atoms with Crippen LogP contribution in [0.5, 0.6) is 0 Å². The number of amides is 1. The zero-order chi connectivity index (χ0) is 17.1. The van der Waals surface area contributed by atoms with Crippen LogP contribution < -0.4 is 5.32 Å². The van der Waals surface area contributed by atoms with Crippen LogP contribution in [0.3, 0.4) is 0 Å². The van der Waals surface area contributed by atoms with Crippen LogP contribution in [-0.4, -0.2) is 16.0 Å². The van der Waals surface area contributed by atoms with E-state index in [1.807, 2.05) is 13.8 Å². The zero-order valence-corrected chi connectivity index (χ0v) is 13.2. The molecule has 0 unspecified atom stereocenters. The van der Waals surface area contributed by atoms with E-state index in [4.69, 9.17) is 8.94 Å². The number of nitrogens with zero attached hydrogens (tertiary/aromatic N) is 2. The summed E-state index contributed by atoms with van der Waals surface area (Å²) in [6.45, 7) is 3.82. The van der Waals surface area contributed by atoms with E-state index in [1.54, 1.807) is 12.1 Å². The smallest absolute Gasteiger partial charge is 0.252 e. The molecule has 0 radical (unpaired) electrons. The fraction of sp³-hybridized carbons (Fsp3) is 0.235. The van der Waals surface area contributed by atoms with Gasteiger partial charge in [-0.25, -0.2) is 4.39 Å². The summed E-state index contributed by atoms with van der Waals surface area (Å²) in [7, 11) is 0. The molecular formula is C17H16FN3O3. The predicted octanol–water partition coefficient (Wildman–Crippen LogP) is 3.60. The number of halogens is 1. The first-order chi connectivity index (χ1) is 11.5. The topological polar surface area (TPSA) is 81.2 Å². The average Bonchev–Trinajstić information content (AvgIpc) is 3.23. The normalized spacial score (nSPS) is 12.3.